The van der Waals surface area contributed by atoms with Gasteiger partial charge in [0.25, 0.3) is 0 Å². The maximum absolute atomic E-state index is 12.3. The summed E-state index contributed by atoms with van der Waals surface area (Å²) in [5.41, 5.74) is 1.09. The molecular weight excluding hydrogens is 252 g/mol. The molecular formula is C16H26N2O2. The second-order valence-electron chi connectivity index (χ2n) is 5.23. The molecule has 0 aliphatic heterocycles. The first kappa shape index (κ1) is 16.7. The third-order valence-corrected chi connectivity index (χ3v) is 3.48. The van der Waals surface area contributed by atoms with E-state index >= 15 is 0 Å². The van der Waals surface area contributed by atoms with Crippen LogP contribution < -0.4 is 5.32 Å². The van der Waals surface area contributed by atoms with E-state index in [-0.39, 0.29) is 24.6 Å². The summed E-state index contributed by atoms with van der Waals surface area (Å²) in [7, 11) is 3.83. The summed E-state index contributed by atoms with van der Waals surface area (Å²) in [6.07, 6.45) is 2.20. The molecule has 4 heteroatoms. The lowest BCUT2D eigenvalue weighted by Crippen LogP contribution is -2.44. The second-order valence-corrected chi connectivity index (χ2v) is 5.23. The summed E-state index contributed by atoms with van der Waals surface area (Å²) in [5.74, 6) is 0.0456. The van der Waals surface area contributed by atoms with Gasteiger partial charge in [-0.15, -0.1) is 0 Å². The molecule has 0 fully saturated rings. The number of aliphatic hydroxyl groups is 1. The van der Waals surface area contributed by atoms with Crippen LogP contribution in [-0.2, 0) is 4.79 Å². The highest BCUT2D eigenvalue weighted by molar-refractivity contribution is 5.82. The second kappa shape index (κ2) is 8.72. The van der Waals surface area contributed by atoms with Gasteiger partial charge in [0.05, 0.1) is 12.1 Å². The van der Waals surface area contributed by atoms with Crippen molar-refractivity contribution < 1.29 is 9.90 Å². The molecule has 0 aliphatic rings. The Balaban J connectivity index is 2.77. The topological polar surface area (TPSA) is 52.6 Å². The highest BCUT2D eigenvalue weighted by atomic mass is 16.3. The molecule has 4 nitrogen and oxygen atoms in total. The van der Waals surface area contributed by atoms with Gasteiger partial charge in [-0.3, -0.25) is 9.69 Å². The van der Waals surface area contributed by atoms with Crippen molar-refractivity contribution in [3.8, 4) is 0 Å². The molecule has 112 valence electrons. The molecule has 0 bridgehead atoms. The minimum absolute atomic E-state index is 0.0372. The number of hydrogen-bond donors (Lipinski definition) is 2. The molecule has 1 rings (SSSR count). The highest BCUT2D eigenvalue weighted by Crippen LogP contribution is 2.18. The molecule has 0 saturated carbocycles. The predicted molar refractivity (Wildman–Crippen MR) is 81.4 cm³/mol. The van der Waals surface area contributed by atoms with Gasteiger partial charge in [-0.05, 0) is 38.9 Å². The Morgan fingerprint density at radius 1 is 1.30 bits per heavy atom. The highest BCUT2D eigenvalue weighted by Gasteiger charge is 2.22. The predicted octanol–water partition coefficient (Wildman–Crippen LogP) is 1.96. The molecule has 0 saturated heterocycles. The Kier molecular flexibility index (Phi) is 7.26. The molecule has 0 aromatic heterocycles. The number of nitrogens with one attached hydrogen (secondary N) is 1. The standard InChI is InChI=1S/C16H26N2O2/c1-4-15(18(2)3)16(20)17-14(11-8-12-19)13-9-6-5-7-10-13/h5-7,9-10,14-15,19H,4,8,11-12H2,1-3H3,(H,17,20). The van der Waals surface area contributed by atoms with E-state index in [1.807, 2.05) is 56.3 Å². The summed E-state index contributed by atoms with van der Waals surface area (Å²) in [6.45, 7) is 2.15. The van der Waals surface area contributed by atoms with Gasteiger partial charge in [0.2, 0.25) is 5.91 Å². The monoisotopic (exact) mass is 278 g/mol. The quantitative estimate of drug-likeness (QED) is 0.764. The van der Waals surface area contributed by atoms with E-state index < -0.39 is 0 Å². The SMILES string of the molecule is CCC(C(=O)NC(CCCO)c1ccccc1)N(C)C. The first-order valence-electron chi connectivity index (χ1n) is 7.22. The Morgan fingerprint density at radius 2 is 1.95 bits per heavy atom. The van der Waals surface area contributed by atoms with Gasteiger partial charge in [-0.2, -0.15) is 0 Å². The summed E-state index contributed by atoms with van der Waals surface area (Å²) >= 11 is 0. The fourth-order valence-electron chi connectivity index (χ4n) is 2.36. The number of nitrogens with zero attached hydrogens (tertiary/aromatic N) is 1. The van der Waals surface area contributed by atoms with E-state index in [0.29, 0.717) is 6.42 Å². The zero-order valence-electron chi connectivity index (χ0n) is 12.7. The molecule has 1 aromatic rings. The van der Waals surface area contributed by atoms with Crippen molar-refractivity contribution in [1.82, 2.24) is 10.2 Å². The normalized spacial score (nSPS) is 14.1. The number of hydrogen-bond acceptors (Lipinski definition) is 3. The zero-order chi connectivity index (χ0) is 15.0. The van der Waals surface area contributed by atoms with Crippen molar-refractivity contribution in [2.45, 2.75) is 38.3 Å². The lowest BCUT2D eigenvalue weighted by molar-refractivity contribution is -0.126. The van der Waals surface area contributed by atoms with E-state index in [4.69, 9.17) is 5.11 Å². The lowest BCUT2D eigenvalue weighted by atomic mass is 10.0. The van der Waals surface area contributed by atoms with Gasteiger partial charge in [0.1, 0.15) is 0 Å². The molecule has 2 unspecified atom stereocenters. The van der Waals surface area contributed by atoms with Gasteiger partial charge in [0.15, 0.2) is 0 Å². The molecule has 1 aromatic carbocycles. The summed E-state index contributed by atoms with van der Waals surface area (Å²) in [6, 6.07) is 9.77. The van der Waals surface area contributed by atoms with Crippen molar-refractivity contribution in [1.29, 1.82) is 0 Å². The van der Waals surface area contributed by atoms with Gasteiger partial charge < -0.3 is 10.4 Å². The fraction of sp³-hybridized carbons (Fsp3) is 0.562. The number of rotatable bonds is 8. The molecule has 0 spiro atoms. The molecule has 2 atom stereocenters. The zero-order valence-corrected chi connectivity index (χ0v) is 12.7. The van der Waals surface area contributed by atoms with Crippen LogP contribution in [-0.4, -0.2) is 42.7 Å². The first-order chi connectivity index (χ1) is 9.60. The van der Waals surface area contributed by atoms with Crippen LogP contribution in [0.3, 0.4) is 0 Å². The van der Waals surface area contributed by atoms with Crippen LogP contribution in [0.2, 0.25) is 0 Å². The van der Waals surface area contributed by atoms with Crippen LogP contribution in [0, 0.1) is 0 Å². The minimum atomic E-state index is -0.115. The molecule has 2 N–H and O–H groups in total. The van der Waals surface area contributed by atoms with Crippen LogP contribution >= 0.6 is 0 Å². The first-order valence-corrected chi connectivity index (χ1v) is 7.22. The van der Waals surface area contributed by atoms with E-state index in [0.717, 1.165) is 18.4 Å². The Bertz CT molecular complexity index is 393. The van der Waals surface area contributed by atoms with Crippen LogP contribution in [0.1, 0.15) is 37.8 Å². The van der Waals surface area contributed by atoms with E-state index in [9.17, 15) is 4.79 Å². The largest absolute Gasteiger partial charge is 0.396 e. The Labute approximate surface area is 121 Å². The van der Waals surface area contributed by atoms with E-state index in [1.165, 1.54) is 0 Å². The maximum Gasteiger partial charge on any atom is 0.237 e. The Hall–Kier alpha value is -1.39. The van der Waals surface area contributed by atoms with Gasteiger partial charge in [-0.1, -0.05) is 37.3 Å². The summed E-state index contributed by atoms with van der Waals surface area (Å²) in [4.78, 5) is 14.3. The number of aliphatic hydroxyl groups excluding tert-OH is 1. The smallest absolute Gasteiger partial charge is 0.237 e. The van der Waals surface area contributed by atoms with Crippen molar-refractivity contribution >= 4 is 5.91 Å². The van der Waals surface area contributed by atoms with Crippen LogP contribution in [0.25, 0.3) is 0 Å². The molecule has 0 aliphatic carbocycles. The molecule has 20 heavy (non-hydrogen) atoms. The average molecular weight is 278 g/mol. The molecule has 0 radical (unpaired) electrons. The van der Waals surface area contributed by atoms with Crippen molar-refractivity contribution in [3.63, 3.8) is 0 Å². The van der Waals surface area contributed by atoms with E-state index in [2.05, 4.69) is 5.32 Å². The Morgan fingerprint density at radius 3 is 2.45 bits per heavy atom. The molecule has 0 heterocycles. The van der Waals surface area contributed by atoms with Crippen LogP contribution in [0.5, 0.6) is 0 Å². The average Bonchev–Trinajstić information content (AvgIpc) is 2.44. The third kappa shape index (κ3) is 4.94. The van der Waals surface area contributed by atoms with E-state index in [1.54, 1.807) is 0 Å². The number of benzene rings is 1. The number of amides is 1. The fourth-order valence-corrected chi connectivity index (χ4v) is 2.36. The van der Waals surface area contributed by atoms with Gasteiger partial charge >= 0.3 is 0 Å². The van der Waals surface area contributed by atoms with Gasteiger partial charge in [0, 0.05) is 6.61 Å². The van der Waals surface area contributed by atoms with Crippen LogP contribution in [0.4, 0.5) is 0 Å². The molecule has 1 amide bonds. The van der Waals surface area contributed by atoms with Crippen molar-refractivity contribution in [3.05, 3.63) is 35.9 Å². The summed E-state index contributed by atoms with van der Waals surface area (Å²) in [5, 5.41) is 12.1. The lowest BCUT2D eigenvalue weighted by Gasteiger charge is -2.26. The number of carbonyl (C=O) groups is 1. The minimum Gasteiger partial charge on any atom is -0.396 e. The number of likely N-dealkylation sites (N-methyl/N-ethyl adjacent to an activating group) is 1. The van der Waals surface area contributed by atoms with Gasteiger partial charge in [-0.25, -0.2) is 0 Å². The number of carbonyl (C=O) groups excluding carboxylic acids is 1. The van der Waals surface area contributed by atoms with Crippen LogP contribution in [0.15, 0.2) is 30.3 Å². The maximum atomic E-state index is 12.3. The van der Waals surface area contributed by atoms with Crippen molar-refractivity contribution in [2.75, 3.05) is 20.7 Å². The third-order valence-electron chi connectivity index (χ3n) is 3.48. The summed E-state index contributed by atoms with van der Waals surface area (Å²) < 4.78 is 0. The van der Waals surface area contributed by atoms with Crippen molar-refractivity contribution in [2.24, 2.45) is 0 Å².